The molecule has 100 valence electrons. The fourth-order valence-corrected chi connectivity index (χ4v) is 2.46. The SMILES string of the molecule is Cc1c(CCC(F)(F)F)c2c(n1C)C=CC(F)C2. The number of hydrogen-bond donors (Lipinski definition) is 0. The van der Waals surface area contributed by atoms with Crippen molar-refractivity contribution in [3.8, 4) is 0 Å². The highest BCUT2D eigenvalue weighted by molar-refractivity contribution is 5.59. The Balaban J connectivity index is 2.34. The first-order chi connectivity index (χ1) is 8.29. The lowest BCUT2D eigenvalue weighted by Crippen LogP contribution is -2.11. The van der Waals surface area contributed by atoms with Gasteiger partial charge in [0.2, 0.25) is 0 Å². The number of rotatable bonds is 2. The van der Waals surface area contributed by atoms with E-state index in [0.29, 0.717) is 5.56 Å². The maximum atomic E-state index is 13.3. The van der Waals surface area contributed by atoms with E-state index in [1.165, 1.54) is 6.08 Å². The zero-order chi connectivity index (χ0) is 13.5. The van der Waals surface area contributed by atoms with Gasteiger partial charge in [-0.1, -0.05) is 0 Å². The van der Waals surface area contributed by atoms with Crippen LogP contribution < -0.4 is 0 Å². The molecule has 1 nitrogen and oxygen atoms in total. The van der Waals surface area contributed by atoms with E-state index in [0.717, 1.165) is 17.0 Å². The molecule has 18 heavy (non-hydrogen) atoms. The summed E-state index contributed by atoms with van der Waals surface area (Å²) in [4.78, 5) is 0. The molecule has 1 atom stereocenters. The smallest absolute Gasteiger partial charge is 0.348 e. The molecule has 0 saturated heterocycles. The van der Waals surface area contributed by atoms with Crippen molar-refractivity contribution in [3.05, 3.63) is 28.6 Å². The molecule has 2 rings (SSSR count). The topological polar surface area (TPSA) is 4.93 Å². The van der Waals surface area contributed by atoms with Crippen LogP contribution in [-0.2, 0) is 19.9 Å². The highest BCUT2D eigenvalue weighted by Crippen LogP contribution is 2.32. The van der Waals surface area contributed by atoms with E-state index >= 15 is 0 Å². The molecule has 0 amide bonds. The van der Waals surface area contributed by atoms with Gasteiger partial charge in [-0.3, -0.25) is 0 Å². The van der Waals surface area contributed by atoms with Crippen LogP contribution in [-0.4, -0.2) is 16.9 Å². The quantitative estimate of drug-likeness (QED) is 0.715. The average molecular weight is 261 g/mol. The maximum Gasteiger partial charge on any atom is 0.389 e. The van der Waals surface area contributed by atoms with Crippen molar-refractivity contribution in [1.29, 1.82) is 0 Å². The fourth-order valence-electron chi connectivity index (χ4n) is 2.46. The summed E-state index contributed by atoms with van der Waals surface area (Å²) in [5.41, 5.74) is 3.01. The third kappa shape index (κ3) is 2.44. The molecule has 0 bridgehead atoms. The Hall–Kier alpha value is -1.26. The first-order valence-corrected chi connectivity index (χ1v) is 5.85. The second kappa shape index (κ2) is 4.44. The Morgan fingerprint density at radius 3 is 2.67 bits per heavy atom. The van der Waals surface area contributed by atoms with Crippen LogP contribution in [0, 0.1) is 6.92 Å². The minimum Gasteiger partial charge on any atom is -0.348 e. The van der Waals surface area contributed by atoms with Gasteiger partial charge in [0.05, 0.1) is 0 Å². The van der Waals surface area contributed by atoms with Gasteiger partial charge >= 0.3 is 6.18 Å². The highest BCUT2D eigenvalue weighted by atomic mass is 19.4. The predicted octanol–water partition coefficient (Wildman–Crippen LogP) is 3.74. The third-order valence-electron chi connectivity index (χ3n) is 3.50. The van der Waals surface area contributed by atoms with Crippen LogP contribution in [0.5, 0.6) is 0 Å². The molecule has 1 aliphatic rings. The largest absolute Gasteiger partial charge is 0.389 e. The molecule has 0 N–H and O–H groups in total. The van der Waals surface area contributed by atoms with Crippen LogP contribution >= 0.6 is 0 Å². The summed E-state index contributed by atoms with van der Waals surface area (Å²) >= 11 is 0. The van der Waals surface area contributed by atoms with Crippen LogP contribution in [0.4, 0.5) is 17.6 Å². The number of nitrogens with zero attached hydrogens (tertiary/aromatic N) is 1. The Morgan fingerprint density at radius 2 is 2.06 bits per heavy atom. The van der Waals surface area contributed by atoms with Gasteiger partial charge in [-0.05, 0) is 36.6 Å². The molecular weight excluding hydrogens is 246 g/mol. The molecule has 0 aromatic carbocycles. The van der Waals surface area contributed by atoms with Crippen molar-refractivity contribution in [3.63, 3.8) is 0 Å². The van der Waals surface area contributed by atoms with Crippen LogP contribution in [0.1, 0.15) is 28.9 Å². The lowest BCUT2D eigenvalue weighted by molar-refractivity contribution is -0.134. The molecule has 1 aromatic rings. The molecule has 0 fully saturated rings. The van der Waals surface area contributed by atoms with Crippen molar-refractivity contribution in [1.82, 2.24) is 4.57 Å². The summed E-state index contributed by atoms with van der Waals surface area (Å²) < 4.78 is 52.1. The summed E-state index contributed by atoms with van der Waals surface area (Å²) in [6, 6.07) is 0. The highest BCUT2D eigenvalue weighted by Gasteiger charge is 2.29. The van der Waals surface area contributed by atoms with Gasteiger partial charge in [0.15, 0.2) is 0 Å². The summed E-state index contributed by atoms with van der Waals surface area (Å²) in [5.74, 6) is 0. The normalized spacial score (nSPS) is 19.1. The van der Waals surface area contributed by atoms with Crippen molar-refractivity contribution in [2.24, 2.45) is 7.05 Å². The molecule has 1 aliphatic carbocycles. The second-order valence-electron chi connectivity index (χ2n) is 4.68. The minimum atomic E-state index is -4.17. The molecular formula is C13H15F4N. The van der Waals surface area contributed by atoms with Crippen LogP contribution in [0.25, 0.3) is 6.08 Å². The van der Waals surface area contributed by atoms with E-state index in [1.807, 2.05) is 4.57 Å². The monoisotopic (exact) mass is 261 g/mol. The molecule has 1 unspecified atom stereocenters. The van der Waals surface area contributed by atoms with Crippen LogP contribution in [0.3, 0.4) is 0 Å². The first-order valence-electron chi connectivity index (χ1n) is 5.85. The number of allylic oxidation sites excluding steroid dienone is 1. The Bertz CT molecular complexity index is 482. The Labute approximate surface area is 103 Å². The van der Waals surface area contributed by atoms with Crippen molar-refractivity contribution >= 4 is 6.08 Å². The third-order valence-corrected chi connectivity index (χ3v) is 3.50. The standard InChI is InChI=1S/C13H15F4N/c1-8-10(5-6-13(15,16)17)11-7-9(14)3-4-12(11)18(8)2/h3-4,9H,5-7H2,1-2H3. The van der Waals surface area contributed by atoms with E-state index in [4.69, 9.17) is 0 Å². The number of halogens is 4. The molecule has 1 aromatic heterocycles. The molecule has 0 radical (unpaired) electrons. The zero-order valence-electron chi connectivity index (χ0n) is 10.3. The van der Waals surface area contributed by atoms with Crippen molar-refractivity contribution < 1.29 is 17.6 Å². The fraction of sp³-hybridized carbons (Fsp3) is 0.538. The molecule has 1 heterocycles. The lowest BCUT2D eigenvalue weighted by atomic mass is 9.95. The van der Waals surface area contributed by atoms with E-state index in [9.17, 15) is 17.6 Å². The van der Waals surface area contributed by atoms with Crippen LogP contribution in [0.2, 0.25) is 0 Å². The average Bonchev–Trinajstić information content (AvgIpc) is 2.48. The van der Waals surface area contributed by atoms with Gasteiger partial charge in [-0.2, -0.15) is 13.2 Å². The number of hydrogen-bond acceptors (Lipinski definition) is 0. The minimum absolute atomic E-state index is 0.0704. The summed E-state index contributed by atoms with van der Waals surface area (Å²) in [5, 5.41) is 0. The van der Waals surface area contributed by atoms with E-state index in [1.54, 1.807) is 20.0 Å². The van der Waals surface area contributed by atoms with Gasteiger partial charge in [0, 0.05) is 31.3 Å². The molecule has 0 saturated carbocycles. The first kappa shape index (κ1) is 13.2. The lowest BCUT2D eigenvalue weighted by Gasteiger charge is -2.13. The van der Waals surface area contributed by atoms with Gasteiger partial charge < -0.3 is 4.57 Å². The van der Waals surface area contributed by atoms with Gasteiger partial charge in [0.25, 0.3) is 0 Å². The van der Waals surface area contributed by atoms with E-state index < -0.39 is 18.8 Å². The van der Waals surface area contributed by atoms with Crippen molar-refractivity contribution in [2.75, 3.05) is 0 Å². The van der Waals surface area contributed by atoms with Crippen LogP contribution in [0.15, 0.2) is 6.08 Å². The predicted molar refractivity (Wildman–Crippen MR) is 62.2 cm³/mol. The Kier molecular flexibility index (Phi) is 3.25. The molecule has 5 heteroatoms. The van der Waals surface area contributed by atoms with Gasteiger partial charge in [0.1, 0.15) is 6.17 Å². The van der Waals surface area contributed by atoms with Crippen molar-refractivity contribution in [2.45, 2.75) is 38.5 Å². The summed E-state index contributed by atoms with van der Waals surface area (Å²) in [6.07, 6.45) is -2.90. The zero-order valence-corrected chi connectivity index (χ0v) is 10.3. The number of alkyl halides is 4. The number of aromatic nitrogens is 1. The van der Waals surface area contributed by atoms with Gasteiger partial charge in [-0.15, -0.1) is 0 Å². The summed E-state index contributed by atoms with van der Waals surface area (Å²) in [7, 11) is 1.80. The molecule has 0 spiro atoms. The van der Waals surface area contributed by atoms with E-state index in [2.05, 4.69) is 0 Å². The summed E-state index contributed by atoms with van der Waals surface area (Å²) in [6.45, 7) is 1.78. The van der Waals surface area contributed by atoms with E-state index in [-0.39, 0.29) is 12.8 Å². The molecule has 0 aliphatic heterocycles. The maximum absolute atomic E-state index is 13.3. The number of fused-ring (bicyclic) bond motifs is 1. The Morgan fingerprint density at radius 1 is 1.39 bits per heavy atom. The second-order valence-corrected chi connectivity index (χ2v) is 4.68. The van der Waals surface area contributed by atoms with Gasteiger partial charge in [-0.25, -0.2) is 4.39 Å².